The highest BCUT2D eigenvalue weighted by Gasteiger charge is 2.40. The lowest BCUT2D eigenvalue weighted by molar-refractivity contribution is -0.140. The van der Waals surface area contributed by atoms with E-state index < -0.39 is 9.84 Å². The fourth-order valence-corrected chi connectivity index (χ4v) is 3.98. The van der Waals surface area contributed by atoms with Crippen molar-refractivity contribution in [3.8, 4) is 0 Å². The summed E-state index contributed by atoms with van der Waals surface area (Å²) in [6.07, 6.45) is 8.14. The zero-order chi connectivity index (χ0) is 13.2. The van der Waals surface area contributed by atoms with Gasteiger partial charge in [0.25, 0.3) is 0 Å². The minimum atomic E-state index is -3.21. The zero-order valence-corrected chi connectivity index (χ0v) is 11.8. The molecule has 2 aliphatic rings. The molecule has 2 rings (SSSR count). The van der Waals surface area contributed by atoms with Gasteiger partial charge in [-0.1, -0.05) is 19.3 Å². The summed E-state index contributed by atoms with van der Waals surface area (Å²) in [4.78, 5) is 12.0. The molecule has 0 amide bonds. The number of carbonyl (C=O) groups excluding carboxylic acids is 1. The van der Waals surface area contributed by atoms with Crippen molar-refractivity contribution in [2.24, 2.45) is 5.92 Å². The number of ether oxygens (including phenoxy) is 1. The van der Waals surface area contributed by atoms with Crippen LogP contribution in [0.3, 0.4) is 0 Å². The number of rotatable bonds is 3. The third-order valence-corrected chi connectivity index (χ3v) is 4.93. The van der Waals surface area contributed by atoms with Gasteiger partial charge in [-0.15, -0.1) is 0 Å². The molecule has 0 bridgehead atoms. The van der Waals surface area contributed by atoms with Crippen LogP contribution in [0.5, 0.6) is 0 Å². The quantitative estimate of drug-likeness (QED) is 0.786. The molecule has 2 fully saturated rings. The van der Waals surface area contributed by atoms with Crippen LogP contribution in [0.15, 0.2) is 0 Å². The smallest absolute Gasteiger partial charge is 0.154 e. The second-order valence-corrected chi connectivity index (χ2v) is 7.96. The summed E-state index contributed by atoms with van der Waals surface area (Å²) in [5.74, 6) is -0.550. The van der Waals surface area contributed by atoms with Gasteiger partial charge < -0.3 is 4.74 Å². The minimum Gasteiger partial charge on any atom is -0.375 e. The first-order valence-corrected chi connectivity index (χ1v) is 8.81. The van der Waals surface area contributed by atoms with Gasteiger partial charge in [0.05, 0.1) is 5.60 Å². The van der Waals surface area contributed by atoms with Gasteiger partial charge in [0, 0.05) is 18.8 Å². The maximum atomic E-state index is 12.0. The van der Waals surface area contributed by atoms with Crippen molar-refractivity contribution in [3.63, 3.8) is 0 Å². The van der Waals surface area contributed by atoms with E-state index in [2.05, 4.69) is 0 Å². The summed E-state index contributed by atoms with van der Waals surface area (Å²) in [6.45, 7) is 0.597. The second-order valence-electron chi connectivity index (χ2n) is 5.82. The SMILES string of the molecule is CS(=O)(=O)CC(=O)C1CCOC2(CCCCC2)C1. The monoisotopic (exact) mass is 274 g/mol. The molecular formula is C13H22O4S. The molecule has 1 saturated heterocycles. The van der Waals surface area contributed by atoms with Crippen LogP contribution in [-0.2, 0) is 19.4 Å². The largest absolute Gasteiger partial charge is 0.375 e. The lowest BCUT2D eigenvalue weighted by atomic mass is 9.75. The maximum absolute atomic E-state index is 12.0. The topological polar surface area (TPSA) is 60.4 Å². The Morgan fingerprint density at radius 2 is 1.94 bits per heavy atom. The van der Waals surface area contributed by atoms with Gasteiger partial charge in [-0.2, -0.15) is 0 Å². The predicted molar refractivity (Wildman–Crippen MR) is 69.2 cm³/mol. The third kappa shape index (κ3) is 3.54. The standard InChI is InChI=1S/C13H22O4S/c1-18(15,16)10-12(14)11-5-8-17-13(9-11)6-3-2-4-7-13/h11H,2-10H2,1H3. The number of ketones is 1. The fourth-order valence-electron chi connectivity index (χ4n) is 3.22. The van der Waals surface area contributed by atoms with E-state index in [4.69, 9.17) is 4.74 Å². The van der Waals surface area contributed by atoms with Gasteiger partial charge in [0.1, 0.15) is 5.75 Å². The van der Waals surface area contributed by atoms with E-state index in [1.54, 1.807) is 0 Å². The van der Waals surface area contributed by atoms with Crippen LogP contribution in [0.1, 0.15) is 44.9 Å². The normalized spacial score (nSPS) is 28.2. The highest BCUT2D eigenvalue weighted by Crippen LogP contribution is 2.40. The van der Waals surface area contributed by atoms with Gasteiger partial charge in [0.15, 0.2) is 15.6 Å². The molecule has 0 aromatic carbocycles. The fraction of sp³-hybridized carbons (Fsp3) is 0.923. The summed E-state index contributed by atoms with van der Waals surface area (Å²) >= 11 is 0. The Morgan fingerprint density at radius 1 is 1.28 bits per heavy atom. The van der Waals surface area contributed by atoms with E-state index in [0.717, 1.165) is 38.4 Å². The summed E-state index contributed by atoms with van der Waals surface area (Å²) in [5, 5.41) is 0. The van der Waals surface area contributed by atoms with Gasteiger partial charge in [-0.05, 0) is 25.7 Å². The van der Waals surface area contributed by atoms with E-state index in [9.17, 15) is 13.2 Å². The summed E-state index contributed by atoms with van der Waals surface area (Å²) in [7, 11) is -3.21. The molecule has 0 aromatic heterocycles. The molecule has 0 radical (unpaired) electrons. The van der Waals surface area contributed by atoms with Gasteiger partial charge in [-0.3, -0.25) is 4.79 Å². The molecule has 1 saturated carbocycles. The molecule has 1 unspecified atom stereocenters. The molecule has 1 aliphatic heterocycles. The van der Waals surface area contributed by atoms with Gasteiger partial charge >= 0.3 is 0 Å². The highest BCUT2D eigenvalue weighted by molar-refractivity contribution is 7.91. The molecule has 0 aromatic rings. The first-order valence-electron chi connectivity index (χ1n) is 6.75. The lowest BCUT2D eigenvalue weighted by Gasteiger charge is -2.43. The molecule has 0 N–H and O–H groups in total. The molecule has 5 heteroatoms. The molecular weight excluding hydrogens is 252 g/mol. The molecule has 4 nitrogen and oxygen atoms in total. The highest BCUT2D eigenvalue weighted by atomic mass is 32.2. The van der Waals surface area contributed by atoms with E-state index in [1.807, 2.05) is 0 Å². The number of Topliss-reactive ketones (excluding diaryl/α,β-unsaturated/α-hetero) is 1. The molecule has 1 aliphatic carbocycles. The van der Waals surface area contributed by atoms with Gasteiger partial charge in [0.2, 0.25) is 0 Å². The second kappa shape index (κ2) is 5.29. The lowest BCUT2D eigenvalue weighted by Crippen LogP contribution is -2.44. The Labute approximate surface area is 109 Å². The Kier molecular flexibility index (Phi) is 4.11. The van der Waals surface area contributed by atoms with Crippen molar-refractivity contribution in [2.75, 3.05) is 18.6 Å². The number of hydrogen-bond donors (Lipinski definition) is 0. The van der Waals surface area contributed by atoms with Crippen LogP contribution in [0, 0.1) is 5.92 Å². The van der Waals surface area contributed by atoms with E-state index in [1.165, 1.54) is 6.42 Å². The number of hydrogen-bond acceptors (Lipinski definition) is 4. The van der Waals surface area contributed by atoms with Crippen molar-refractivity contribution in [1.82, 2.24) is 0 Å². The first kappa shape index (κ1) is 14.0. The first-order chi connectivity index (χ1) is 8.40. The Hall–Kier alpha value is -0.420. The molecule has 104 valence electrons. The zero-order valence-electron chi connectivity index (χ0n) is 11.0. The third-order valence-electron chi connectivity index (χ3n) is 4.12. The Morgan fingerprint density at radius 3 is 2.56 bits per heavy atom. The van der Waals surface area contributed by atoms with Crippen molar-refractivity contribution < 1.29 is 17.9 Å². The molecule has 18 heavy (non-hydrogen) atoms. The molecule has 1 spiro atoms. The Bertz CT molecular complexity index is 401. The summed E-state index contributed by atoms with van der Waals surface area (Å²) in [6, 6.07) is 0. The summed E-state index contributed by atoms with van der Waals surface area (Å²) < 4.78 is 28.3. The van der Waals surface area contributed by atoms with Crippen molar-refractivity contribution in [2.45, 2.75) is 50.5 Å². The van der Waals surface area contributed by atoms with Crippen LogP contribution >= 0.6 is 0 Å². The van der Waals surface area contributed by atoms with Crippen LogP contribution in [0.2, 0.25) is 0 Å². The Balaban J connectivity index is 2.00. The molecule has 1 heterocycles. The predicted octanol–water partition coefficient (Wildman–Crippen LogP) is 1.73. The molecule has 1 atom stereocenters. The van der Waals surface area contributed by atoms with Crippen LogP contribution in [-0.4, -0.2) is 38.4 Å². The van der Waals surface area contributed by atoms with E-state index in [-0.39, 0.29) is 23.1 Å². The van der Waals surface area contributed by atoms with Gasteiger partial charge in [-0.25, -0.2) is 8.42 Å². The van der Waals surface area contributed by atoms with Crippen molar-refractivity contribution >= 4 is 15.6 Å². The minimum absolute atomic E-state index is 0.119. The van der Waals surface area contributed by atoms with Crippen molar-refractivity contribution in [3.05, 3.63) is 0 Å². The number of sulfone groups is 1. The van der Waals surface area contributed by atoms with Crippen molar-refractivity contribution in [1.29, 1.82) is 0 Å². The van der Waals surface area contributed by atoms with Crippen LogP contribution in [0.25, 0.3) is 0 Å². The van der Waals surface area contributed by atoms with E-state index in [0.29, 0.717) is 13.0 Å². The van der Waals surface area contributed by atoms with Crippen LogP contribution in [0.4, 0.5) is 0 Å². The average Bonchev–Trinajstić information content (AvgIpc) is 2.28. The van der Waals surface area contributed by atoms with E-state index >= 15 is 0 Å². The summed E-state index contributed by atoms with van der Waals surface area (Å²) in [5.41, 5.74) is -0.131. The average molecular weight is 274 g/mol. The van der Waals surface area contributed by atoms with Crippen LogP contribution < -0.4 is 0 Å². The number of carbonyl (C=O) groups is 1. The maximum Gasteiger partial charge on any atom is 0.154 e.